The van der Waals surface area contributed by atoms with Gasteiger partial charge >= 0.3 is 6.18 Å². The number of aromatic nitrogens is 2. The van der Waals surface area contributed by atoms with Crippen LogP contribution >= 0.6 is 11.5 Å². The largest absolute Gasteiger partial charge is 0.452 e. The van der Waals surface area contributed by atoms with Crippen LogP contribution in [0.15, 0.2) is 0 Å². The Morgan fingerprint density at radius 1 is 1.53 bits per heavy atom. The lowest BCUT2D eigenvalue weighted by Crippen LogP contribution is -2.39. The molecule has 1 unspecified atom stereocenters. The topological polar surface area (TPSA) is 55.0 Å². The van der Waals surface area contributed by atoms with Crippen LogP contribution in [0.1, 0.15) is 18.7 Å². The summed E-state index contributed by atoms with van der Waals surface area (Å²) >= 11 is 0.763. The number of nitrogens with zero attached hydrogens (tertiary/aromatic N) is 3. The van der Waals surface area contributed by atoms with Gasteiger partial charge in [0.05, 0.1) is 0 Å². The predicted octanol–water partition coefficient (Wildman–Crippen LogP) is 1.73. The van der Waals surface area contributed by atoms with E-state index >= 15 is 0 Å². The molecule has 1 aromatic heterocycles. The highest BCUT2D eigenvalue weighted by atomic mass is 32.1. The molecule has 8 heteroatoms. The zero-order chi connectivity index (χ0) is 12.6. The average molecular weight is 266 g/mol. The summed E-state index contributed by atoms with van der Waals surface area (Å²) in [6.07, 6.45) is -2.32. The molecule has 1 saturated carbocycles. The Hall–Kier alpha value is -0.890. The van der Waals surface area contributed by atoms with Gasteiger partial charge in [-0.05, 0) is 18.8 Å². The van der Waals surface area contributed by atoms with E-state index in [4.69, 9.17) is 5.73 Å². The minimum Gasteiger partial charge on any atom is -0.345 e. The monoisotopic (exact) mass is 266 g/mol. The van der Waals surface area contributed by atoms with E-state index in [1.807, 2.05) is 0 Å². The Kier molecular flexibility index (Phi) is 3.26. The number of likely N-dealkylation sites (N-methyl/N-ethyl adjacent to an activating group) is 1. The lowest BCUT2D eigenvalue weighted by atomic mass is 10.2. The Morgan fingerprint density at radius 3 is 2.59 bits per heavy atom. The number of rotatable bonds is 4. The summed E-state index contributed by atoms with van der Waals surface area (Å²) in [5.41, 5.74) is 5.64. The van der Waals surface area contributed by atoms with Crippen molar-refractivity contribution < 1.29 is 13.2 Å². The summed E-state index contributed by atoms with van der Waals surface area (Å²) in [6.45, 7) is 0.419. The summed E-state index contributed by atoms with van der Waals surface area (Å²) in [7, 11) is 1.72. The molecule has 2 rings (SSSR count). The van der Waals surface area contributed by atoms with Crippen LogP contribution in [0.25, 0.3) is 0 Å². The molecule has 0 aliphatic heterocycles. The third kappa shape index (κ3) is 2.68. The molecule has 1 aliphatic carbocycles. The highest BCUT2D eigenvalue weighted by molar-refractivity contribution is 7.09. The first kappa shape index (κ1) is 12.6. The van der Waals surface area contributed by atoms with Gasteiger partial charge in [-0.25, -0.2) is 0 Å². The van der Waals surface area contributed by atoms with Crippen LogP contribution in [0.4, 0.5) is 18.3 Å². The van der Waals surface area contributed by atoms with Crippen molar-refractivity contribution in [2.45, 2.75) is 25.1 Å². The molecule has 0 spiro atoms. The molecule has 96 valence electrons. The van der Waals surface area contributed by atoms with Crippen LogP contribution < -0.4 is 10.6 Å². The molecular formula is C9H13F3N4S. The minimum absolute atomic E-state index is 0.0593. The number of nitrogens with two attached hydrogens (primary N) is 1. The number of anilines is 1. The summed E-state index contributed by atoms with van der Waals surface area (Å²) in [5.74, 6) is -0.598. The van der Waals surface area contributed by atoms with E-state index in [1.54, 1.807) is 11.9 Å². The van der Waals surface area contributed by atoms with Gasteiger partial charge in [0.15, 0.2) is 0 Å². The molecule has 17 heavy (non-hydrogen) atoms. The zero-order valence-electron chi connectivity index (χ0n) is 9.24. The number of halogens is 3. The molecule has 1 heterocycles. The fourth-order valence-corrected chi connectivity index (χ4v) is 2.47. The molecule has 0 radical (unpaired) electrons. The second-order valence-electron chi connectivity index (χ2n) is 4.15. The smallest absolute Gasteiger partial charge is 0.345 e. The first-order valence-corrected chi connectivity index (χ1v) is 6.04. The fourth-order valence-electron chi connectivity index (χ4n) is 1.76. The molecule has 4 nitrogen and oxygen atoms in total. The summed E-state index contributed by atoms with van der Waals surface area (Å²) in [5, 5.41) is 0.277. The zero-order valence-corrected chi connectivity index (χ0v) is 10.1. The van der Waals surface area contributed by atoms with Gasteiger partial charge < -0.3 is 10.6 Å². The Bertz CT molecular complexity index is 388. The van der Waals surface area contributed by atoms with Gasteiger partial charge in [0, 0.05) is 31.2 Å². The molecule has 0 amide bonds. The lowest BCUT2D eigenvalue weighted by Gasteiger charge is -2.25. The van der Waals surface area contributed by atoms with Crippen molar-refractivity contribution in [1.82, 2.24) is 9.36 Å². The van der Waals surface area contributed by atoms with Crippen LogP contribution in [0, 0.1) is 5.92 Å². The number of alkyl halides is 3. The van der Waals surface area contributed by atoms with E-state index in [0.29, 0.717) is 12.5 Å². The molecule has 1 aliphatic rings. The number of hydrogen-bond acceptors (Lipinski definition) is 5. The summed E-state index contributed by atoms with van der Waals surface area (Å²) < 4.78 is 40.4. The van der Waals surface area contributed by atoms with Crippen molar-refractivity contribution in [2.75, 3.05) is 18.5 Å². The Balaban J connectivity index is 2.13. The minimum atomic E-state index is -4.48. The SMILES string of the molecule is CN(c1nc(C(F)(F)F)ns1)C(CN)C1CC1. The van der Waals surface area contributed by atoms with Gasteiger partial charge in [0.1, 0.15) is 0 Å². The maximum atomic E-state index is 12.4. The highest BCUT2D eigenvalue weighted by Crippen LogP contribution is 2.37. The Morgan fingerprint density at radius 2 is 2.18 bits per heavy atom. The van der Waals surface area contributed by atoms with Crippen LogP contribution in [-0.2, 0) is 6.18 Å². The van der Waals surface area contributed by atoms with Crippen molar-refractivity contribution in [3.63, 3.8) is 0 Å². The van der Waals surface area contributed by atoms with Gasteiger partial charge in [0.2, 0.25) is 11.0 Å². The third-order valence-electron chi connectivity index (χ3n) is 2.88. The third-order valence-corrected chi connectivity index (χ3v) is 3.68. The van der Waals surface area contributed by atoms with Crippen molar-refractivity contribution in [3.8, 4) is 0 Å². The van der Waals surface area contributed by atoms with Crippen LogP contribution in [0.3, 0.4) is 0 Å². The molecule has 0 aromatic carbocycles. The van der Waals surface area contributed by atoms with Crippen LogP contribution in [-0.4, -0.2) is 29.0 Å². The normalized spacial score (nSPS) is 18.2. The van der Waals surface area contributed by atoms with Gasteiger partial charge in [-0.1, -0.05) is 0 Å². The second-order valence-corrected chi connectivity index (χ2v) is 4.88. The fraction of sp³-hybridized carbons (Fsp3) is 0.778. The average Bonchev–Trinajstić information content (AvgIpc) is 2.94. The van der Waals surface area contributed by atoms with Crippen LogP contribution in [0.5, 0.6) is 0 Å². The van der Waals surface area contributed by atoms with Gasteiger partial charge in [-0.15, -0.1) is 0 Å². The van der Waals surface area contributed by atoms with Crippen molar-refractivity contribution in [2.24, 2.45) is 11.7 Å². The second kappa shape index (κ2) is 4.41. The molecule has 2 N–H and O–H groups in total. The maximum Gasteiger partial charge on any atom is 0.452 e. The van der Waals surface area contributed by atoms with Crippen LogP contribution in [0.2, 0.25) is 0 Å². The maximum absolute atomic E-state index is 12.4. The molecule has 0 bridgehead atoms. The van der Waals surface area contributed by atoms with E-state index in [1.165, 1.54) is 0 Å². The van der Waals surface area contributed by atoms with Gasteiger partial charge in [-0.2, -0.15) is 22.5 Å². The first-order chi connectivity index (χ1) is 7.93. The van der Waals surface area contributed by atoms with Gasteiger partial charge in [-0.3, -0.25) is 0 Å². The van der Waals surface area contributed by atoms with E-state index in [-0.39, 0.29) is 11.2 Å². The molecule has 1 atom stereocenters. The molecular weight excluding hydrogens is 253 g/mol. The predicted molar refractivity (Wildman–Crippen MR) is 58.9 cm³/mol. The van der Waals surface area contributed by atoms with Crippen molar-refractivity contribution >= 4 is 16.7 Å². The van der Waals surface area contributed by atoms with E-state index in [0.717, 1.165) is 24.4 Å². The first-order valence-electron chi connectivity index (χ1n) is 5.27. The van der Waals surface area contributed by atoms with Crippen molar-refractivity contribution in [3.05, 3.63) is 5.82 Å². The van der Waals surface area contributed by atoms with Gasteiger partial charge in [0.25, 0.3) is 0 Å². The quantitative estimate of drug-likeness (QED) is 0.901. The molecule has 1 aromatic rings. The molecule has 1 fully saturated rings. The summed E-state index contributed by atoms with van der Waals surface area (Å²) in [4.78, 5) is 5.23. The highest BCUT2D eigenvalue weighted by Gasteiger charge is 2.38. The van der Waals surface area contributed by atoms with E-state index < -0.39 is 12.0 Å². The van der Waals surface area contributed by atoms with Crippen molar-refractivity contribution in [1.29, 1.82) is 0 Å². The standard InChI is InChI=1S/C9H13F3N4S/c1-16(6(4-13)5-2-3-5)8-14-7(15-17-8)9(10,11)12/h5-6H,2-4,13H2,1H3. The molecule has 0 saturated heterocycles. The summed E-state index contributed by atoms with van der Waals surface area (Å²) in [6, 6.07) is 0.0593. The van der Waals surface area contributed by atoms with E-state index in [9.17, 15) is 13.2 Å². The Labute approximate surface area is 101 Å². The number of hydrogen-bond donors (Lipinski definition) is 1. The van der Waals surface area contributed by atoms with E-state index in [2.05, 4.69) is 9.36 Å². The lowest BCUT2D eigenvalue weighted by molar-refractivity contribution is -0.144.